The summed E-state index contributed by atoms with van der Waals surface area (Å²) >= 11 is 13.3. The van der Waals surface area contributed by atoms with E-state index in [4.69, 9.17) is 28.6 Å². The van der Waals surface area contributed by atoms with E-state index in [-0.39, 0.29) is 11.1 Å². The molecule has 3 rings (SSSR count). The number of amidine groups is 1. The summed E-state index contributed by atoms with van der Waals surface area (Å²) in [5.74, 6) is -0.235. The van der Waals surface area contributed by atoms with Gasteiger partial charge in [0.25, 0.3) is 5.91 Å². The predicted octanol–water partition coefficient (Wildman–Crippen LogP) is 5.36. The Hall–Kier alpha value is -1.75. The van der Waals surface area contributed by atoms with Gasteiger partial charge in [-0.25, -0.2) is 0 Å². The minimum absolute atomic E-state index is 0.171. The van der Waals surface area contributed by atoms with Crippen LogP contribution in [0.2, 0.25) is 10.0 Å². The van der Waals surface area contributed by atoms with Crippen LogP contribution in [0.1, 0.15) is 11.1 Å². The second-order valence-electron chi connectivity index (χ2n) is 5.04. The van der Waals surface area contributed by atoms with Crippen LogP contribution in [0.3, 0.4) is 0 Å². The van der Waals surface area contributed by atoms with Crippen LogP contribution < -0.4 is 4.90 Å². The molecule has 1 amide bonds. The third kappa shape index (κ3) is 3.15. The molecule has 0 spiro atoms. The van der Waals surface area contributed by atoms with Crippen LogP contribution in [0, 0.1) is 12.3 Å². The summed E-state index contributed by atoms with van der Waals surface area (Å²) in [6.45, 7) is 1.95. The highest BCUT2D eigenvalue weighted by molar-refractivity contribution is 8.19. The van der Waals surface area contributed by atoms with Gasteiger partial charge in [-0.15, -0.1) is 0 Å². The van der Waals surface area contributed by atoms with Crippen molar-refractivity contribution in [1.82, 2.24) is 0 Å². The van der Waals surface area contributed by atoms with Crippen LogP contribution in [-0.2, 0) is 4.79 Å². The number of amides is 1. The van der Waals surface area contributed by atoms with Gasteiger partial charge in [0, 0.05) is 0 Å². The standard InChI is InChI=1S/C17H12Cl2N2OS/c1-10-4-2-6-12(8-10)21-16(22)14(23-17(21)20)9-11-5-3-7-13(18)15(11)19/h2-9,20H,1H3/b14-9-,20-17?. The lowest BCUT2D eigenvalue weighted by Crippen LogP contribution is -2.28. The van der Waals surface area contributed by atoms with Crippen molar-refractivity contribution < 1.29 is 4.79 Å². The molecule has 1 heterocycles. The number of nitrogens with one attached hydrogen (secondary N) is 1. The summed E-state index contributed by atoms with van der Waals surface area (Å²) < 4.78 is 0. The van der Waals surface area contributed by atoms with Gasteiger partial charge in [0.15, 0.2) is 5.17 Å². The molecule has 0 bridgehead atoms. The second kappa shape index (κ2) is 6.40. The zero-order valence-corrected chi connectivity index (χ0v) is 14.5. The molecule has 23 heavy (non-hydrogen) atoms. The molecule has 3 nitrogen and oxygen atoms in total. The van der Waals surface area contributed by atoms with E-state index in [2.05, 4.69) is 0 Å². The van der Waals surface area contributed by atoms with Crippen molar-refractivity contribution >= 4 is 57.8 Å². The number of hydrogen-bond donors (Lipinski definition) is 1. The molecule has 2 aromatic carbocycles. The van der Waals surface area contributed by atoms with Gasteiger partial charge in [-0.3, -0.25) is 15.1 Å². The van der Waals surface area contributed by atoms with E-state index in [0.29, 0.717) is 26.2 Å². The van der Waals surface area contributed by atoms with Crippen molar-refractivity contribution in [3.63, 3.8) is 0 Å². The van der Waals surface area contributed by atoms with Gasteiger partial charge in [-0.1, -0.05) is 47.5 Å². The number of carbonyl (C=O) groups is 1. The average Bonchev–Trinajstić information content (AvgIpc) is 2.78. The number of nitrogens with zero attached hydrogens (tertiary/aromatic N) is 1. The molecule has 1 fully saturated rings. The molecule has 1 aliphatic heterocycles. The lowest BCUT2D eigenvalue weighted by Gasteiger charge is -2.14. The Morgan fingerprint density at radius 3 is 2.65 bits per heavy atom. The molecule has 0 aliphatic carbocycles. The van der Waals surface area contributed by atoms with Crippen LogP contribution in [0.15, 0.2) is 47.4 Å². The van der Waals surface area contributed by atoms with Gasteiger partial charge in [-0.2, -0.15) is 0 Å². The Morgan fingerprint density at radius 2 is 1.91 bits per heavy atom. The van der Waals surface area contributed by atoms with Crippen LogP contribution in [0.4, 0.5) is 5.69 Å². The second-order valence-corrected chi connectivity index (χ2v) is 6.85. The number of hydrogen-bond acceptors (Lipinski definition) is 3. The molecule has 1 aliphatic rings. The SMILES string of the molecule is Cc1cccc(N2C(=N)S/C(=C\c3cccc(Cl)c3Cl)C2=O)c1. The van der Waals surface area contributed by atoms with Crippen LogP contribution in [-0.4, -0.2) is 11.1 Å². The quantitative estimate of drug-likeness (QED) is 0.731. The lowest BCUT2D eigenvalue weighted by atomic mass is 10.2. The zero-order valence-electron chi connectivity index (χ0n) is 12.1. The highest BCUT2D eigenvalue weighted by Gasteiger charge is 2.33. The molecule has 1 N–H and O–H groups in total. The number of rotatable bonds is 2. The van der Waals surface area contributed by atoms with Crippen molar-refractivity contribution in [2.24, 2.45) is 0 Å². The number of aryl methyl sites for hydroxylation is 1. The largest absolute Gasteiger partial charge is 0.278 e. The summed E-state index contributed by atoms with van der Waals surface area (Å²) in [7, 11) is 0. The molecule has 0 aromatic heterocycles. The predicted molar refractivity (Wildman–Crippen MR) is 98.4 cm³/mol. The smallest absolute Gasteiger partial charge is 0.271 e. The number of halogens is 2. The first kappa shape index (κ1) is 16.1. The molecule has 6 heteroatoms. The Kier molecular flexibility index (Phi) is 4.48. The monoisotopic (exact) mass is 362 g/mol. The van der Waals surface area contributed by atoms with E-state index in [1.54, 1.807) is 24.3 Å². The molecule has 0 unspecified atom stereocenters. The summed E-state index contributed by atoms with van der Waals surface area (Å²) in [4.78, 5) is 14.5. The van der Waals surface area contributed by atoms with Gasteiger partial charge in [0.2, 0.25) is 0 Å². The molecular formula is C17H12Cl2N2OS. The molecule has 1 saturated heterocycles. The Bertz CT molecular complexity index is 848. The molecule has 2 aromatic rings. The number of thioether (sulfide) groups is 1. The topological polar surface area (TPSA) is 44.2 Å². The zero-order chi connectivity index (χ0) is 16.6. The number of anilines is 1. The summed E-state index contributed by atoms with van der Waals surface area (Å²) in [5, 5.41) is 9.11. The number of benzene rings is 2. The average molecular weight is 363 g/mol. The van der Waals surface area contributed by atoms with E-state index < -0.39 is 0 Å². The van der Waals surface area contributed by atoms with Gasteiger partial charge in [0.1, 0.15) is 0 Å². The highest BCUT2D eigenvalue weighted by atomic mass is 35.5. The van der Waals surface area contributed by atoms with Gasteiger partial charge >= 0.3 is 0 Å². The maximum atomic E-state index is 12.6. The Labute approximate surface area is 148 Å². The van der Waals surface area contributed by atoms with E-state index in [1.807, 2.05) is 31.2 Å². The molecule has 0 radical (unpaired) electrons. The third-order valence-electron chi connectivity index (χ3n) is 3.35. The van der Waals surface area contributed by atoms with Gasteiger partial charge in [-0.05, 0) is 54.1 Å². The summed E-state index contributed by atoms with van der Waals surface area (Å²) in [6.07, 6.45) is 1.67. The highest BCUT2D eigenvalue weighted by Crippen LogP contribution is 2.37. The van der Waals surface area contributed by atoms with Crippen molar-refractivity contribution in [2.45, 2.75) is 6.92 Å². The van der Waals surface area contributed by atoms with E-state index >= 15 is 0 Å². The van der Waals surface area contributed by atoms with Gasteiger partial charge in [0.05, 0.1) is 20.6 Å². The fraction of sp³-hybridized carbons (Fsp3) is 0.0588. The fourth-order valence-corrected chi connectivity index (χ4v) is 3.48. The Morgan fingerprint density at radius 1 is 1.17 bits per heavy atom. The van der Waals surface area contributed by atoms with E-state index in [1.165, 1.54) is 4.90 Å². The first-order chi connectivity index (χ1) is 11.0. The van der Waals surface area contributed by atoms with Crippen molar-refractivity contribution in [3.05, 3.63) is 68.5 Å². The summed E-state index contributed by atoms with van der Waals surface area (Å²) in [6, 6.07) is 12.8. The van der Waals surface area contributed by atoms with Crippen LogP contribution in [0.25, 0.3) is 6.08 Å². The molecule has 0 atom stereocenters. The maximum absolute atomic E-state index is 12.6. The maximum Gasteiger partial charge on any atom is 0.271 e. The van der Waals surface area contributed by atoms with Crippen LogP contribution >= 0.6 is 35.0 Å². The molecule has 116 valence electrons. The first-order valence-corrected chi connectivity index (χ1v) is 8.38. The first-order valence-electron chi connectivity index (χ1n) is 6.80. The molecular weight excluding hydrogens is 351 g/mol. The van der Waals surface area contributed by atoms with Crippen molar-refractivity contribution in [3.8, 4) is 0 Å². The molecule has 0 saturated carbocycles. The lowest BCUT2D eigenvalue weighted by molar-refractivity contribution is -0.113. The minimum Gasteiger partial charge on any atom is -0.278 e. The summed E-state index contributed by atoms with van der Waals surface area (Å²) in [5.41, 5.74) is 2.38. The van der Waals surface area contributed by atoms with Crippen molar-refractivity contribution in [2.75, 3.05) is 4.90 Å². The normalized spacial score (nSPS) is 16.5. The third-order valence-corrected chi connectivity index (χ3v) is 5.07. The fourth-order valence-electron chi connectivity index (χ4n) is 2.26. The van der Waals surface area contributed by atoms with Crippen LogP contribution in [0.5, 0.6) is 0 Å². The van der Waals surface area contributed by atoms with Crippen molar-refractivity contribution in [1.29, 1.82) is 5.41 Å². The number of carbonyl (C=O) groups excluding carboxylic acids is 1. The van der Waals surface area contributed by atoms with Gasteiger partial charge < -0.3 is 0 Å². The minimum atomic E-state index is -0.235. The Balaban J connectivity index is 1.98. The van der Waals surface area contributed by atoms with E-state index in [0.717, 1.165) is 17.3 Å². The van der Waals surface area contributed by atoms with E-state index in [9.17, 15) is 4.79 Å².